The van der Waals surface area contributed by atoms with E-state index in [0.29, 0.717) is 0 Å². The van der Waals surface area contributed by atoms with Gasteiger partial charge in [-0.05, 0) is 24.6 Å². The monoisotopic (exact) mass is 272 g/mol. The van der Waals surface area contributed by atoms with Crippen molar-refractivity contribution in [3.63, 3.8) is 0 Å². The Morgan fingerprint density at radius 2 is 2.21 bits per heavy atom. The molecule has 0 saturated heterocycles. The van der Waals surface area contributed by atoms with E-state index in [9.17, 15) is 18.0 Å². The summed E-state index contributed by atoms with van der Waals surface area (Å²) in [5.41, 5.74) is 4.65. The van der Waals surface area contributed by atoms with Gasteiger partial charge in [0.15, 0.2) is 0 Å². The first-order valence-corrected chi connectivity index (χ1v) is 5.34. The zero-order valence-corrected chi connectivity index (χ0v) is 9.99. The predicted molar refractivity (Wildman–Crippen MR) is 59.6 cm³/mol. The maximum Gasteiger partial charge on any atom is 0.379 e. The fourth-order valence-corrected chi connectivity index (χ4v) is 1.39. The highest BCUT2D eigenvalue weighted by Gasteiger charge is 2.47. The van der Waals surface area contributed by atoms with E-state index in [4.69, 9.17) is 11.0 Å². The minimum atomic E-state index is -3.96. The second kappa shape index (κ2) is 5.71. The van der Waals surface area contributed by atoms with Gasteiger partial charge in [-0.15, -0.1) is 0 Å². The van der Waals surface area contributed by atoms with Gasteiger partial charge in [-0.1, -0.05) is 6.07 Å². The van der Waals surface area contributed by atoms with Gasteiger partial charge in [0.25, 0.3) is 0 Å². The standard InChI is InChI=1S/C12H11F3N2O2/c1-2-19-11(18)12(14,15)10(17)7-3-4-9(13)8(5-7)6-16/h3-5,10H,2,17H2,1H3/t10-/m1/s1. The van der Waals surface area contributed by atoms with Gasteiger partial charge in [0.2, 0.25) is 0 Å². The minimum absolute atomic E-state index is 0.214. The van der Waals surface area contributed by atoms with Crippen LogP contribution in [-0.4, -0.2) is 18.5 Å². The average molecular weight is 272 g/mol. The van der Waals surface area contributed by atoms with Gasteiger partial charge in [-0.3, -0.25) is 0 Å². The first-order valence-electron chi connectivity index (χ1n) is 5.34. The Kier molecular flexibility index (Phi) is 4.51. The van der Waals surface area contributed by atoms with Crippen LogP contribution in [0, 0.1) is 17.1 Å². The van der Waals surface area contributed by atoms with Crippen LogP contribution in [-0.2, 0) is 9.53 Å². The lowest BCUT2D eigenvalue weighted by molar-refractivity contribution is -0.174. The van der Waals surface area contributed by atoms with Crippen LogP contribution >= 0.6 is 0 Å². The number of carbonyl (C=O) groups excluding carboxylic acids is 1. The molecule has 0 aliphatic rings. The summed E-state index contributed by atoms with van der Waals surface area (Å²) < 4.78 is 44.6. The summed E-state index contributed by atoms with van der Waals surface area (Å²) in [6, 6.07) is 2.21. The molecule has 4 nitrogen and oxygen atoms in total. The number of halogens is 3. The number of rotatable bonds is 4. The van der Waals surface area contributed by atoms with Crippen LogP contribution < -0.4 is 5.73 Å². The number of esters is 1. The molecule has 7 heteroatoms. The lowest BCUT2D eigenvalue weighted by Gasteiger charge is -2.22. The van der Waals surface area contributed by atoms with Crippen LogP contribution in [0.5, 0.6) is 0 Å². The number of nitrogens with zero attached hydrogens (tertiary/aromatic N) is 1. The molecule has 0 bridgehead atoms. The minimum Gasteiger partial charge on any atom is -0.462 e. The Bertz CT molecular complexity index is 526. The normalized spacial score (nSPS) is 12.6. The summed E-state index contributed by atoms with van der Waals surface area (Å²) in [6.45, 7) is 1.17. The van der Waals surface area contributed by atoms with Gasteiger partial charge < -0.3 is 10.5 Å². The summed E-state index contributed by atoms with van der Waals surface area (Å²) in [7, 11) is 0. The average Bonchev–Trinajstić information content (AvgIpc) is 2.38. The molecule has 0 radical (unpaired) electrons. The predicted octanol–water partition coefficient (Wildman–Crippen LogP) is 1.90. The summed E-state index contributed by atoms with van der Waals surface area (Å²) in [5, 5.41) is 8.61. The van der Waals surface area contributed by atoms with E-state index >= 15 is 0 Å². The number of nitrogens with two attached hydrogens (primary N) is 1. The second-order valence-corrected chi connectivity index (χ2v) is 3.67. The lowest BCUT2D eigenvalue weighted by Crippen LogP contribution is -2.41. The Hall–Kier alpha value is -2.07. The van der Waals surface area contributed by atoms with Crippen molar-refractivity contribution in [1.29, 1.82) is 5.26 Å². The van der Waals surface area contributed by atoms with Crippen molar-refractivity contribution in [2.75, 3.05) is 6.61 Å². The van der Waals surface area contributed by atoms with Crippen LogP contribution in [0.3, 0.4) is 0 Å². The Morgan fingerprint density at radius 3 is 2.74 bits per heavy atom. The molecule has 0 unspecified atom stereocenters. The highest BCUT2D eigenvalue weighted by Crippen LogP contribution is 2.31. The van der Waals surface area contributed by atoms with E-state index in [0.717, 1.165) is 18.2 Å². The topological polar surface area (TPSA) is 76.1 Å². The molecule has 0 saturated carbocycles. The zero-order chi connectivity index (χ0) is 14.6. The van der Waals surface area contributed by atoms with Gasteiger partial charge in [0.1, 0.15) is 17.9 Å². The molecule has 0 aliphatic carbocycles. The van der Waals surface area contributed by atoms with Crippen LogP contribution in [0.15, 0.2) is 18.2 Å². The van der Waals surface area contributed by atoms with Crippen molar-refractivity contribution in [2.45, 2.75) is 18.9 Å². The van der Waals surface area contributed by atoms with Crippen molar-refractivity contribution >= 4 is 5.97 Å². The van der Waals surface area contributed by atoms with Gasteiger partial charge in [0, 0.05) is 0 Å². The van der Waals surface area contributed by atoms with E-state index in [-0.39, 0.29) is 12.2 Å². The number of alkyl halides is 2. The highest BCUT2D eigenvalue weighted by atomic mass is 19.3. The maximum absolute atomic E-state index is 13.6. The maximum atomic E-state index is 13.6. The van der Waals surface area contributed by atoms with Crippen molar-refractivity contribution in [2.24, 2.45) is 5.73 Å². The molecule has 1 aromatic rings. The first-order chi connectivity index (χ1) is 8.84. The molecule has 0 heterocycles. The quantitative estimate of drug-likeness (QED) is 0.849. The molecule has 0 aliphatic heterocycles. The number of ether oxygens (including phenoxy) is 1. The van der Waals surface area contributed by atoms with Gasteiger partial charge in [0.05, 0.1) is 12.2 Å². The summed E-state index contributed by atoms with van der Waals surface area (Å²) in [5.74, 6) is -6.57. The van der Waals surface area contributed by atoms with Crippen LogP contribution in [0.2, 0.25) is 0 Å². The zero-order valence-electron chi connectivity index (χ0n) is 9.99. The molecule has 0 aromatic heterocycles. The van der Waals surface area contributed by atoms with Crippen LogP contribution in [0.1, 0.15) is 24.1 Å². The summed E-state index contributed by atoms with van der Waals surface area (Å²) >= 11 is 0. The number of hydrogen-bond donors (Lipinski definition) is 1. The largest absolute Gasteiger partial charge is 0.462 e. The second-order valence-electron chi connectivity index (χ2n) is 3.67. The molecule has 0 spiro atoms. The Morgan fingerprint density at radius 1 is 1.58 bits per heavy atom. The fourth-order valence-electron chi connectivity index (χ4n) is 1.39. The van der Waals surface area contributed by atoms with Crippen molar-refractivity contribution in [3.8, 4) is 6.07 Å². The SMILES string of the molecule is CCOC(=O)C(F)(F)[C@H](N)c1ccc(F)c(C#N)c1. The van der Waals surface area contributed by atoms with E-state index in [1.807, 2.05) is 0 Å². The van der Waals surface area contributed by atoms with Crippen LogP contribution in [0.25, 0.3) is 0 Å². The number of carbonyl (C=O) groups is 1. The molecule has 1 atom stereocenters. The summed E-state index contributed by atoms with van der Waals surface area (Å²) in [6.07, 6.45) is 0. The van der Waals surface area contributed by atoms with Crippen LogP contribution in [0.4, 0.5) is 13.2 Å². The number of nitriles is 1. The molecule has 102 valence electrons. The van der Waals surface area contributed by atoms with E-state index in [1.165, 1.54) is 13.0 Å². The van der Waals surface area contributed by atoms with Gasteiger partial charge >= 0.3 is 11.9 Å². The third-order valence-electron chi connectivity index (χ3n) is 2.41. The third kappa shape index (κ3) is 3.03. The Labute approximate surface area is 107 Å². The number of hydrogen-bond acceptors (Lipinski definition) is 4. The molecule has 1 rings (SSSR count). The van der Waals surface area contributed by atoms with Gasteiger partial charge in [-0.25, -0.2) is 9.18 Å². The summed E-state index contributed by atoms with van der Waals surface area (Å²) in [4.78, 5) is 11.1. The molecule has 0 fully saturated rings. The Balaban J connectivity index is 3.09. The smallest absolute Gasteiger partial charge is 0.379 e. The molecule has 19 heavy (non-hydrogen) atoms. The molecule has 1 aromatic carbocycles. The molecular formula is C12H11F3N2O2. The highest BCUT2D eigenvalue weighted by molar-refractivity contribution is 5.78. The van der Waals surface area contributed by atoms with E-state index in [1.54, 1.807) is 0 Å². The fraction of sp³-hybridized carbons (Fsp3) is 0.333. The molecule has 2 N–H and O–H groups in total. The molecule has 0 amide bonds. The third-order valence-corrected chi connectivity index (χ3v) is 2.41. The lowest BCUT2D eigenvalue weighted by atomic mass is 9.99. The van der Waals surface area contributed by atoms with Crippen molar-refractivity contribution in [1.82, 2.24) is 0 Å². The van der Waals surface area contributed by atoms with Crippen molar-refractivity contribution in [3.05, 3.63) is 35.1 Å². The van der Waals surface area contributed by atoms with E-state index in [2.05, 4.69) is 4.74 Å². The van der Waals surface area contributed by atoms with E-state index < -0.39 is 29.3 Å². The van der Waals surface area contributed by atoms with Crippen molar-refractivity contribution < 1.29 is 22.7 Å². The van der Waals surface area contributed by atoms with Gasteiger partial charge in [-0.2, -0.15) is 14.0 Å². The first kappa shape index (κ1) is 15.0. The molecular weight excluding hydrogens is 261 g/mol. The number of benzene rings is 1.